The molecular weight excluding hydrogens is 454 g/mol. The quantitative estimate of drug-likeness (QED) is 0.571. The van der Waals surface area contributed by atoms with Crippen LogP contribution in [0.1, 0.15) is 65.8 Å². The van der Waals surface area contributed by atoms with Gasteiger partial charge in [0.25, 0.3) is 5.91 Å². The highest BCUT2D eigenvalue weighted by atomic mass is 16.2. The molecule has 0 saturated carbocycles. The van der Waals surface area contributed by atoms with Gasteiger partial charge in [-0.15, -0.1) is 0 Å². The van der Waals surface area contributed by atoms with E-state index in [-0.39, 0.29) is 36.0 Å². The summed E-state index contributed by atoms with van der Waals surface area (Å²) in [6, 6.07) is 14.8. The van der Waals surface area contributed by atoms with E-state index in [9.17, 15) is 19.2 Å². The number of nitrogens with zero attached hydrogens (tertiary/aromatic N) is 2. The molecule has 0 aromatic heterocycles. The molecule has 2 heterocycles. The van der Waals surface area contributed by atoms with E-state index in [1.165, 1.54) is 5.56 Å². The summed E-state index contributed by atoms with van der Waals surface area (Å²) in [4.78, 5) is 53.4. The lowest BCUT2D eigenvalue weighted by Gasteiger charge is -2.31. The van der Waals surface area contributed by atoms with Crippen LogP contribution in [0.3, 0.4) is 0 Å². The van der Waals surface area contributed by atoms with Crippen molar-refractivity contribution in [1.29, 1.82) is 0 Å². The number of rotatable bonds is 8. The van der Waals surface area contributed by atoms with Crippen molar-refractivity contribution in [2.24, 2.45) is 11.8 Å². The summed E-state index contributed by atoms with van der Waals surface area (Å²) in [6.07, 6.45) is 3.66. The van der Waals surface area contributed by atoms with Crippen molar-refractivity contribution in [3.05, 3.63) is 65.2 Å². The van der Waals surface area contributed by atoms with Crippen LogP contribution in [0.5, 0.6) is 0 Å². The van der Waals surface area contributed by atoms with Crippen LogP contribution in [0.15, 0.2) is 48.5 Å². The first-order valence-corrected chi connectivity index (χ1v) is 12.9. The van der Waals surface area contributed by atoms with Gasteiger partial charge >= 0.3 is 0 Å². The van der Waals surface area contributed by atoms with Crippen LogP contribution in [0, 0.1) is 11.8 Å². The van der Waals surface area contributed by atoms with E-state index >= 15 is 0 Å². The number of carbonyl (C=O) groups is 4. The van der Waals surface area contributed by atoms with Gasteiger partial charge in [-0.3, -0.25) is 19.2 Å². The Balaban J connectivity index is 1.22. The number of anilines is 1. The third kappa shape index (κ3) is 6.20. The fourth-order valence-corrected chi connectivity index (χ4v) is 4.99. The van der Waals surface area contributed by atoms with Crippen molar-refractivity contribution in [2.45, 2.75) is 46.0 Å². The van der Waals surface area contributed by atoms with Crippen LogP contribution < -0.4 is 10.2 Å². The second-order valence-electron chi connectivity index (χ2n) is 10.2. The van der Waals surface area contributed by atoms with E-state index in [1.54, 1.807) is 34.1 Å². The third-order valence-electron chi connectivity index (χ3n) is 7.02. The molecule has 190 valence electrons. The van der Waals surface area contributed by atoms with E-state index in [2.05, 4.69) is 19.2 Å². The Morgan fingerprint density at radius 1 is 0.917 bits per heavy atom. The molecule has 7 nitrogen and oxygen atoms in total. The van der Waals surface area contributed by atoms with Gasteiger partial charge in [-0.05, 0) is 61.4 Å². The van der Waals surface area contributed by atoms with Gasteiger partial charge in [-0.2, -0.15) is 0 Å². The number of Topliss-reactive ketones (excluding diaryl/α,β-unsaturated/α-hetero) is 1. The Labute approximate surface area is 212 Å². The number of amides is 3. The van der Waals surface area contributed by atoms with Crippen molar-refractivity contribution in [3.8, 4) is 0 Å². The Kier molecular flexibility index (Phi) is 8.18. The monoisotopic (exact) mass is 489 g/mol. The average molecular weight is 490 g/mol. The number of hydrogen-bond donors (Lipinski definition) is 1. The zero-order valence-corrected chi connectivity index (χ0v) is 21.2. The topological polar surface area (TPSA) is 86.8 Å². The maximum absolute atomic E-state index is 12.9. The molecule has 7 heteroatoms. The molecule has 2 aromatic carbocycles. The number of nitrogens with one attached hydrogen (secondary N) is 1. The largest absolute Gasteiger partial charge is 0.343 e. The normalized spacial score (nSPS) is 16.5. The van der Waals surface area contributed by atoms with Crippen molar-refractivity contribution >= 4 is 29.2 Å². The van der Waals surface area contributed by atoms with Crippen LogP contribution in [-0.2, 0) is 16.0 Å². The fourth-order valence-electron chi connectivity index (χ4n) is 4.99. The van der Waals surface area contributed by atoms with Crippen LogP contribution >= 0.6 is 0 Å². The minimum absolute atomic E-state index is 0.0822. The number of piperidine rings is 1. The molecule has 2 fully saturated rings. The first-order valence-electron chi connectivity index (χ1n) is 12.9. The highest BCUT2D eigenvalue weighted by Gasteiger charge is 2.28. The second kappa shape index (κ2) is 11.5. The van der Waals surface area contributed by atoms with Crippen molar-refractivity contribution in [3.63, 3.8) is 0 Å². The molecular formula is C29H35N3O4. The zero-order valence-electron chi connectivity index (χ0n) is 21.2. The molecule has 4 rings (SSSR count). The van der Waals surface area contributed by atoms with E-state index in [0.717, 1.165) is 24.1 Å². The molecule has 0 bridgehead atoms. The summed E-state index contributed by atoms with van der Waals surface area (Å²) < 4.78 is 0. The summed E-state index contributed by atoms with van der Waals surface area (Å²) in [5, 5.41) is 2.69. The highest BCUT2D eigenvalue weighted by molar-refractivity contribution is 5.99. The molecule has 2 aliphatic rings. The van der Waals surface area contributed by atoms with Gasteiger partial charge in [0, 0.05) is 48.8 Å². The molecule has 0 spiro atoms. The van der Waals surface area contributed by atoms with Gasteiger partial charge in [0.05, 0.1) is 6.54 Å². The number of carbonyl (C=O) groups excluding carboxylic acids is 4. The van der Waals surface area contributed by atoms with E-state index < -0.39 is 0 Å². The van der Waals surface area contributed by atoms with Gasteiger partial charge in [-0.1, -0.05) is 38.1 Å². The van der Waals surface area contributed by atoms with E-state index in [4.69, 9.17) is 0 Å². The standard InChI is InChI=1S/C29H35N3O4/c1-20(2)18-21-5-7-22(8-6-21)28(35)23-13-16-31(17-14-23)27(34)19-30-29(36)24-9-11-25(12-10-24)32-15-3-4-26(32)33/h5-12,20,23H,3-4,13-19H2,1-2H3,(H,30,36). The molecule has 3 amide bonds. The maximum atomic E-state index is 12.9. The number of benzene rings is 2. The van der Waals surface area contributed by atoms with Gasteiger partial charge < -0.3 is 15.1 Å². The first kappa shape index (κ1) is 25.6. The molecule has 0 radical (unpaired) electrons. The lowest BCUT2D eigenvalue weighted by molar-refractivity contribution is -0.131. The summed E-state index contributed by atoms with van der Waals surface area (Å²) in [5.74, 6) is 0.264. The van der Waals surface area contributed by atoms with Gasteiger partial charge in [-0.25, -0.2) is 0 Å². The van der Waals surface area contributed by atoms with Gasteiger partial charge in [0.15, 0.2) is 5.78 Å². The molecule has 2 saturated heterocycles. The molecule has 2 aromatic rings. The number of hydrogen-bond acceptors (Lipinski definition) is 4. The Bertz CT molecular complexity index is 1100. The third-order valence-corrected chi connectivity index (χ3v) is 7.02. The molecule has 0 atom stereocenters. The predicted molar refractivity (Wildman–Crippen MR) is 139 cm³/mol. The molecule has 1 N–H and O–H groups in total. The lowest BCUT2D eigenvalue weighted by atomic mass is 9.88. The van der Waals surface area contributed by atoms with E-state index in [0.29, 0.717) is 50.4 Å². The van der Waals surface area contributed by atoms with Crippen LogP contribution in [0.2, 0.25) is 0 Å². The minimum Gasteiger partial charge on any atom is -0.343 e. The molecule has 0 unspecified atom stereocenters. The molecule has 36 heavy (non-hydrogen) atoms. The van der Waals surface area contributed by atoms with Crippen molar-refractivity contribution in [2.75, 3.05) is 31.1 Å². The Morgan fingerprint density at radius 3 is 2.14 bits per heavy atom. The fraction of sp³-hybridized carbons (Fsp3) is 0.448. The lowest BCUT2D eigenvalue weighted by Crippen LogP contribution is -2.45. The molecule has 0 aliphatic carbocycles. The van der Waals surface area contributed by atoms with Gasteiger partial charge in [0.1, 0.15) is 0 Å². The van der Waals surface area contributed by atoms with Crippen molar-refractivity contribution in [1.82, 2.24) is 10.2 Å². The molecule has 2 aliphatic heterocycles. The summed E-state index contributed by atoms with van der Waals surface area (Å²) >= 11 is 0. The Hall–Kier alpha value is -3.48. The summed E-state index contributed by atoms with van der Waals surface area (Å²) in [5.41, 5.74) is 3.21. The summed E-state index contributed by atoms with van der Waals surface area (Å²) in [7, 11) is 0. The van der Waals surface area contributed by atoms with Crippen LogP contribution in [0.4, 0.5) is 5.69 Å². The van der Waals surface area contributed by atoms with Crippen LogP contribution in [0.25, 0.3) is 0 Å². The van der Waals surface area contributed by atoms with Crippen LogP contribution in [-0.4, -0.2) is 54.6 Å². The second-order valence-corrected chi connectivity index (χ2v) is 10.2. The average Bonchev–Trinajstić information content (AvgIpc) is 3.32. The zero-order chi connectivity index (χ0) is 25.7. The number of ketones is 1. The number of likely N-dealkylation sites (tertiary alicyclic amines) is 1. The SMILES string of the molecule is CC(C)Cc1ccc(C(=O)C2CCN(C(=O)CNC(=O)c3ccc(N4CCCC4=O)cc3)CC2)cc1. The van der Waals surface area contributed by atoms with Crippen molar-refractivity contribution < 1.29 is 19.2 Å². The summed E-state index contributed by atoms with van der Waals surface area (Å²) in [6.45, 7) is 5.99. The first-order chi connectivity index (χ1) is 17.3. The Morgan fingerprint density at radius 2 is 1.56 bits per heavy atom. The highest BCUT2D eigenvalue weighted by Crippen LogP contribution is 2.23. The maximum Gasteiger partial charge on any atom is 0.251 e. The predicted octanol–water partition coefficient (Wildman–Crippen LogP) is 3.86. The minimum atomic E-state index is -0.325. The van der Waals surface area contributed by atoms with Gasteiger partial charge in [0.2, 0.25) is 11.8 Å². The smallest absolute Gasteiger partial charge is 0.251 e. The van der Waals surface area contributed by atoms with E-state index in [1.807, 2.05) is 24.3 Å².